The molecule has 1 aliphatic rings. The van der Waals surface area contributed by atoms with Gasteiger partial charge in [0.05, 0.1) is 11.0 Å². The topological polar surface area (TPSA) is 59.1 Å². The van der Waals surface area contributed by atoms with Crippen molar-refractivity contribution < 1.29 is 0 Å². The Morgan fingerprint density at radius 1 is 1.00 bits per heavy atom. The Kier molecular flexibility index (Phi) is 4.68. The predicted octanol–water partition coefficient (Wildman–Crippen LogP) is 2.86. The number of aromatic nitrogens is 2. The molecule has 2 aromatic carbocycles. The van der Waals surface area contributed by atoms with Gasteiger partial charge in [-0.15, -0.1) is 0 Å². The van der Waals surface area contributed by atoms with Crippen molar-refractivity contribution in [1.29, 1.82) is 0 Å². The molecule has 1 saturated heterocycles. The molecule has 3 aromatic rings. The number of likely N-dealkylation sites (tertiary alicyclic amines) is 1. The number of piperidine rings is 1. The number of nitrogens with one attached hydrogen (secondary N) is 1. The van der Waals surface area contributed by atoms with Gasteiger partial charge in [0.15, 0.2) is 0 Å². The molecule has 0 bridgehead atoms. The lowest BCUT2D eigenvalue weighted by atomic mass is 10.1. The quantitative estimate of drug-likeness (QED) is 0.753. The molecule has 5 heteroatoms. The second-order valence-electron chi connectivity index (χ2n) is 6.64. The molecule has 0 atom stereocenters. The minimum atomic E-state index is 0.452. The van der Waals surface area contributed by atoms with E-state index in [0.717, 1.165) is 61.7 Å². The number of para-hydroxylation sites is 3. The number of rotatable bonds is 5. The second kappa shape index (κ2) is 7.25. The fraction of sp³-hybridized carbons (Fsp3) is 0.350. The van der Waals surface area contributed by atoms with Crippen LogP contribution in [0.15, 0.2) is 54.6 Å². The third-order valence-electron chi connectivity index (χ3n) is 4.94. The SMILES string of the molecule is NCCN1CCC(Nc2nc3ccccc3n2-c2ccccc2)CC1. The van der Waals surface area contributed by atoms with Gasteiger partial charge in [0.25, 0.3) is 0 Å². The molecule has 3 N–H and O–H groups in total. The summed E-state index contributed by atoms with van der Waals surface area (Å²) in [5, 5.41) is 3.69. The van der Waals surface area contributed by atoms with Crippen molar-refractivity contribution in [1.82, 2.24) is 14.5 Å². The van der Waals surface area contributed by atoms with Crippen molar-refractivity contribution >= 4 is 17.0 Å². The van der Waals surface area contributed by atoms with Crippen LogP contribution in [-0.2, 0) is 0 Å². The highest BCUT2D eigenvalue weighted by atomic mass is 15.2. The lowest BCUT2D eigenvalue weighted by molar-refractivity contribution is 0.224. The largest absolute Gasteiger partial charge is 0.352 e. The molecule has 1 aromatic heterocycles. The van der Waals surface area contributed by atoms with Crippen LogP contribution in [-0.4, -0.2) is 46.7 Å². The van der Waals surface area contributed by atoms with E-state index in [1.54, 1.807) is 0 Å². The maximum atomic E-state index is 5.67. The second-order valence-corrected chi connectivity index (χ2v) is 6.64. The van der Waals surface area contributed by atoms with Crippen LogP contribution in [0.1, 0.15) is 12.8 Å². The molecule has 2 heterocycles. The lowest BCUT2D eigenvalue weighted by Gasteiger charge is -2.32. The average molecular weight is 335 g/mol. The van der Waals surface area contributed by atoms with Crippen molar-refractivity contribution in [2.75, 3.05) is 31.5 Å². The molecule has 0 spiro atoms. The molecule has 0 saturated carbocycles. The fourth-order valence-electron chi connectivity index (χ4n) is 3.63. The van der Waals surface area contributed by atoms with Crippen LogP contribution in [0.2, 0.25) is 0 Å². The summed E-state index contributed by atoms with van der Waals surface area (Å²) in [5.41, 5.74) is 8.97. The Hall–Kier alpha value is -2.37. The molecule has 4 rings (SSSR count). The van der Waals surface area contributed by atoms with Crippen molar-refractivity contribution in [2.45, 2.75) is 18.9 Å². The van der Waals surface area contributed by atoms with Gasteiger partial charge in [-0.25, -0.2) is 4.98 Å². The Bertz CT molecular complexity index is 818. The average Bonchev–Trinajstić information content (AvgIpc) is 3.02. The highest BCUT2D eigenvalue weighted by Crippen LogP contribution is 2.26. The molecule has 0 radical (unpaired) electrons. The van der Waals surface area contributed by atoms with Gasteiger partial charge in [0.1, 0.15) is 0 Å². The molecular weight excluding hydrogens is 310 g/mol. The number of nitrogens with zero attached hydrogens (tertiary/aromatic N) is 3. The van der Waals surface area contributed by atoms with Crippen molar-refractivity contribution in [3.8, 4) is 5.69 Å². The van der Waals surface area contributed by atoms with E-state index in [9.17, 15) is 0 Å². The first-order valence-electron chi connectivity index (χ1n) is 9.07. The van der Waals surface area contributed by atoms with E-state index in [1.807, 2.05) is 12.1 Å². The highest BCUT2D eigenvalue weighted by Gasteiger charge is 2.21. The van der Waals surface area contributed by atoms with E-state index in [-0.39, 0.29) is 0 Å². The summed E-state index contributed by atoms with van der Waals surface area (Å²) in [6.07, 6.45) is 2.25. The third-order valence-corrected chi connectivity index (χ3v) is 4.94. The number of benzene rings is 2. The maximum absolute atomic E-state index is 5.67. The molecule has 0 aliphatic carbocycles. The lowest BCUT2D eigenvalue weighted by Crippen LogP contribution is -2.41. The van der Waals surface area contributed by atoms with Gasteiger partial charge >= 0.3 is 0 Å². The molecule has 130 valence electrons. The minimum Gasteiger partial charge on any atom is -0.352 e. The predicted molar refractivity (Wildman–Crippen MR) is 103 cm³/mol. The molecule has 0 unspecified atom stereocenters. The normalized spacial score (nSPS) is 16.4. The first-order valence-corrected chi connectivity index (χ1v) is 9.07. The number of hydrogen-bond acceptors (Lipinski definition) is 4. The van der Waals surface area contributed by atoms with Crippen LogP contribution in [0.3, 0.4) is 0 Å². The van der Waals surface area contributed by atoms with Crippen LogP contribution in [0.4, 0.5) is 5.95 Å². The smallest absolute Gasteiger partial charge is 0.208 e. The molecule has 25 heavy (non-hydrogen) atoms. The van der Waals surface area contributed by atoms with Gasteiger partial charge in [-0.05, 0) is 37.1 Å². The number of imidazole rings is 1. The Morgan fingerprint density at radius 3 is 2.48 bits per heavy atom. The van der Waals surface area contributed by atoms with Gasteiger partial charge in [0.2, 0.25) is 5.95 Å². The highest BCUT2D eigenvalue weighted by molar-refractivity contribution is 5.81. The van der Waals surface area contributed by atoms with E-state index in [0.29, 0.717) is 6.04 Å². The van der Waals surface area contributed by atoms with Gasteiger partial charge in [0, 0.05) is 37.9 Å². The summed E-state index contributed by atoms with van der Waals surface area (Å²) < 4.78 is 2.22. The van der Waals surface area contributed by atoms with Gasteiger partial charge in [-0.1, -0.05) is 30.3 Å². The molecule has 0 amide bonds. The van der Waals surface area contributed by atoms with Crippen LogP contribution in [0, 0.1) is 0 Å². The summed E-state index contributed by atoms with van der Waals surface area (Å²) in [6, 6.07) is 19.2. The van der Waals surface area contributed by atoms with Crippen LogP contribution >= 0.6 is 0 Å². The Morgan fingerprint density at radius 2 is 1.72 bits per heavy atom. The summed E-state index contributed by atoms with van der Waals surface area (Å²) in [7, 11) is 0. The number of hydrogen-bond donors (Lipinski definition) is 2. The van der Waals surface area contributed by atoms with E-state index < -0.39 is 0 Å². The zero-order valence-electron chi connectivity index (χ0n) is 14.4. The fourth-order valence-corrected chi connectivity index (χ4v) is 3.63. The number of anilines is 1. The van der Waals surface area contributed by atoms with E-state index in [4.69, 9.17) is 10.7 Å². The van der Waals surface area contributed by atoms with Crippen molar-refractivity contribution in [3.63, 3.8) is 0 Å². The molecular formula is C20H25N5. The molecule has 1 fully saturated rings. The zero-order chi connectivity index (χ0) is 17.1. The molecule has 5 nitrogen and oxygen atoms in total. The summed E-state index contributed by atoms with van der Waals surface area (Å²) in [6.45, 7) is 3.93. The van der Waals surface area contributed by atoms with Crippen LogP contribution in [0.25, 0.3) is 16.7 Å². The van der Waals surface area contributed by atoms with Crippen LogP contribution in [0.5, 0.6) is 0 Å². The first kappa shape index (κ1) is 16.1. The van der Waals surface area contributed by atoms with Crippen molar-refractivity contribution in [2.24, 2.45) is 5.73 Å². The molecule has 1 aliphatic heterocycles. The standard InChI is InChI=1S/C20H25N5/c21-12-15-24-13-10-16(11-14-24)22-20-23-18-8-4-5-9-19(18)25(20)17-6-2-1-3-7-17/h1-9,16H,10-15,21H2,(H,22,23). The first-order chi connectivity index (χ1) is 12.3. The summed E-state index contributed by atoms with van der Waals surface area (Å²) >= 11 is 0. The van der Waals surface area contributed by atoms with Gasteiger partial charge in [-0.3, -0.25) is 4.57 Å². The Labute approximate surface area is 148 Å². The number of nitrogens with two attached hydrogens (primary N) is 1. The van der Waals surface area contributed by atoms with E-state index in [1.165, 1.54) is 0 Å². The van der Waals surface area contributed by atoms with E-state index in [2.05, 4.69) is 57.2 Å². The summed E-state index contributed by atoms with van der Waals surface area (Å²) in [4.78, 5) is 7.30. The van der Waals surface area contributed by atoms with Gasteiger partial charge < -0.3 is 16.0 Å². The monoisotopic (exact) mass is 335 g/mol. The minimum absolute atomic E-state index is 0.452. The third kappa shape index (κ3) is 3.38. The zero-order valence-corrected chi connectivity index (χ0v) is 14.4. The van der Waals surface area contributed by atoms with Crippen molar-refractivity contribution in [3.05, 3.63) is 54.6 Å². The van der Waals surface area contributed by atoms with Gasteiger partial charge in [-0.2, -0.15) is 0 Å². The van der Waals surface area contributed by atoms with E-state index >= 15 is 0 Å². The summed E-state index contributed by atoms with van der Waals surface area (Å²) in [5.74, 6) is 0.935. The number of fused-ring (bicyclic) bond motifs is 1. The Balaban J connectivity index is 1.62. The van der Waals surface area contributed by atoms with Crippen LogP contribution < -0.4 is 11.1 Å². The maximum Gasteiger partial charge on any atom is 0.208 e.